The van der Waals surface area contributed by atoms with Crippen LogP contribution < -0.4 is 0 Å². The number of hydrogen-bond donors (Lipinski definition) is 0. The summed E-state index contributed by atoms with van der Waals surface area (Å²) >= 11 is 7.25. The third kappa shape index (κ3) is 1.80. The molecule has 0 fully saturated rings. The highest BCUT2D eigenvalue weighted by Crippen LogP contribution is 2.28. The largest absolute Gasteiger partial charge is 0.462 e. The molecule has 0 atom stereocenters. The van der Waals surface area contributed by atoms with Gasteiger partial charge in [-0.25, -0.2) is 4.79 Å². The third-order valence-corrected chi connectivity index (χ3v) is 3.13. The lowest BCUT2D eigenvalue weighted by atomic mass is 10.3. The van der Waals surface area contributed by atoms with Gasteiger partial charge >= 0.3 is 5.97 Å². The molecule has 4 nitrogen and oxygen atoms in total. The molecule has 2 rings (SSSR count). The second-order valence-corrected chi connectivity index (χ2v) is 3.93. The molecule has 6 heteroatoms. The number of hydrogen-bond acceptors (Lipinski definition) is 5. The fraction of sp³-hybridized carbons (Fsp3) is 0.222. The van der Waals surface area contributed by atoms with Gasteiger partial charge in [0.15, 0.2) is 0 Å². The van der Waals surface area contributed by atoms with E-state index in [0.717, 1.165) is 0 Å². The standard InChI is InChI=1S/C9H7ClN2O2S/c1-2-14-9(13)5-3-11-6-4-12-15-8(6)7(5)10/h3-4H,2H2,1H3. The molecule has 0 aliphatic rings. The summed E-state index contributed by atoms with van der Waals surface area (Å²) in [6.45, 7) is 2.06. The second-order valence-electron chi connectivity index (χ2n) is 2.75. The number of nitrogens with zero attached hydrogens (tertiary/aromatic N) is 2. The number of carbonyl (C=O) groups excluding carboxylic acids is 1. The van der Waals surface area contributed by atoms with Crippen LogP contribution in [-0.2, 0) is 4.74 Å². The Morgan fingerprint density at radius 3 is 3.13 bits per heavy atom. The summed E-state index contributed by atoms with van der Waals surface area (Å²) in [7, 11) is 0. The van der Waals surface area contributed by atoms with Crippen molar-refractivity contribution >= 4 is 39.3 Å². The van der Waals surface area contributed by atoms with E-state index in [0.29, 0.717) is 21.8 Å². The SMILES string of the molecule is CCOC(=O)c1cnc2cnsc2c1Cl. The van der Waals surface area contributed by atoms with Gasteiger partial charge in [0.05, 0.1) is 28.1 Å². The summed E-state index contributed by atoms with van der Waals surface area (Å²) in [6, 6.07) is 0. The zero-order chi connectivity index (χ0) is 10.8. The summed E-state index contributed by atoms with van der Waals surface area (Å²) < 4.78 is 9.52. The Bertz CT molecular complexity index is 512. The van der Waals surface area contributed by atoms with Crippen LogP contribution in [0.1, 0.15) is 17.3 Å². The number of rotatable bonds is 2. The molecule has 78 valence electrons. The van der Waals surface area contributed by atoms with Crippen LogP contribution in [0.2, 0.25) is 5.02 Å². The van der Waals surface area contributed by atoms with Crippen molar-refractivity contribution < 1.29 is 9.53 Å². The molecule has 0 aliphatic carbocycles. The molecular formula is C9H7ClN2O2S. The van der Waals surface area contributed by atoms with E-state index in [-0.39, 0.29) is 5.56 Å². The van der Waals surface area contributed by atoms with E-state index >= 15 is 0 Å². The smallest absolute Gasteiger partial charge is 0.341 e. The maximum Gasteiger partial charge on any atom is 0.341 e. The molecule has 2 aromatic rings. The minimum atomic E-state index is -0.453. The molecule has 0 aliphatic heterocycles. The monoisotopic (exact) mass is 242 g/mol. The van der Waals surface area contributed by atoms with Gasteiger partial charge in [-0.05, 0) is 18.5 Å². The molecule has 0 saturated heterocycles. The van der Waals surface area contributed by atoms with Crippen molar-refractivity contribution in [3.63, 3.8) is 0 Å². The number of aromatic nitrogens is 2. The van der Waals surface area contributed by atoms with Crippen molar-refractivity contribution in [2.75, 3.05) is 6.61 Å². The van der Waals surface area contributed by atoms with Crippen molar-refractivity contribution in [2.24, 2.45) is 0 Å². The Balaban J connectivity index is 2.52. The Labute approximate surface area is 95.0 Å². The molecule has 0 saturated carbocycles. The summed E-state index contributed by atoms with van der Waals surface area (Å²) in [6.07, 6.45) is 3.03. The lowest BCUT2D eigenvalue weighted by Gasteiger charge is -2.03. The highest BCUT2D eigenvalue weighted by atomic mass is 35.5. The number of esters is 1. The van der Waals surface area contributed by atoms with Crippen molar-refractivity contribution in [3.8, 4) is 0 Å². The average molecular weight is 243 g/mol. The van der Waals surface area contributed by atoms with Gasteiger partial charge < -0.3 is 4.74 Å². The third-order valence-electron chi connectivity index (χ3n) is 1.82. The molecule has 0 amide bonds. The van der Waals surface area contributed by atoms with E-state index in [1.807, 2.05) is 0 Å². The maximum absolute atomic E-state index is 11.5. The Morgan fingerprint density at radius 2 is 2.40 bits per heavy atom. The first-order valence-electron chi connectivity index (χ1n) is 4.30. The summed E-state index contributed by atoms with van der Waals surface area (Å²) in [5, 5.41) is 0.362. The minimum Gasteiger partial charge on any atom is -0.462 e. The number of carbonyl (C=O) groups is 1. The van der Waals surface area contributed by atoms with Crippen LogP contribution in [0.5, 0.6) is 0 Å². The van der Waals surface area contributed by atoms with Crippen LogP contribution in [0, 0.1) is 0 Å². The second kappa shape index (κ2) is 4.12. The maximum atomic E-state index is 11.5. The zero-order valence-corrected chi connectivity index (χ0v) is 9.43. The van der Waals surface area contributed by atoms with Gasteiger partial charge in [-0.15, -0.1) is 0 Å². The molecule has 2 heterocycles. The van der Waals surface area contributed by atoms with E-state index in [9.17, 15) is 4.79 Å². The van der Waals surface area contributed by atoms with Crippen molar-refractivity contribution in [1.29, 1.82) is 0 Å². The van der Waals surface area contributed by atoms with Gasteiger partial charge in [0.25, 0.3) is 0 Å². The fourth-order valence-corrected chi connectivity index (χ4v) is 2.12. The normalized spacial score (nSPS) is 10.5. The van der Waals surface area contributed by atoms with Crippen molar-refractivity contribution in [3.05, 3.63) is 23.0 Å². The Hall–Kier alpha value is -1.20. The highest BCUT2D eigenvalue weighted by Gasteiger charge is 2.15. The molecule has 0 spiro atoms. The summed E-state index contributed by atoms with van der Waals surface area (Å²) in [4.78, 5) is 15.5. The van der Waals surface area contributed by atoms with Crippen LogP contribution in [-0.4, -0.2) is 21.9 Å². The molecule has 15 heavy (non-hydrogen) atoms. The van der Waals surface area contributed by atoms with Crippen LogP contribution in [0.25, 0.3) is 10.2 Å². The predicted molar refractivity (Wildman–Crippen MR) is 58.4 cm³/mol. The fourth-order valence-electron chi connectivity index (χ4n) is 1.14. The van der Waals surface area contributed by atoms with E-state index in [2.05, 4.69) is 9.36 Å². The van der Waals surface area contributed by atoms with Gasteiger partial charge in [0, 0.05) is 6.20 Å². The molecule has 0 N–H and O–H groups in total. The lowest BCUT2D eigenvalue weighted by Crippen LogP contribution is -2.05. The quantitative estimate of drug-likeness (QED) is 0.760. The van der Waals surface area contributed by atoms with Gasteiger partial charge in [-0.2, -0.15) is 4.37 Å². The Kier molecular flexibility index (Phi) is 2.83. The topological polar surface area (TPSA) is 52.1 Å². The highest BCUT2D eigenvalue weighted by molar-refractivity contribution is 7.14. The molecule has 0 aromatic carbocycles. The van der Waals surface area contributed by atoms with E-state index in [4.69, 9.17) is 16.3 Å². The van der Waals surface area contributed by atoms with Gasteiger partial charge in [0.2, 0.25) is 0 Å². The number of halogens is 1. The van der Waals surface area contributed by atoms with Crippen LogP contribution in [0.4, 0.5) is 0 Å². The van der Waals surface area contributed by atoms with Gasteiger partial charge in [0.1, 0.15) is 5.52 Å². The number of ether oxygens (including phenoxy) is 1. The summed E-state index contributed by atoms with van der Waals surface area (Å²) in [5.41, 5.74) is 0.980. The van der Waals surface area contributed by atoms with Gasteiger partial charge in [-0.1, -0.05) is 11.6 Å². The molecule has 2 aromatic heterocycles. The van der Waals surface area contributed by atoms with E-state index in [1.54, 1.807) is 13.1 Å². The molecular weight excluding hydrogens is 236 g/mol. The average Bonchev–Trinajstić information content (AvgIpc) is 2.67. The van der Waals surface area contributed by atoms with Crippen LogP contribution in [0.3, 0.4) is 0 Å². The first kappa shape index (κ1) is 10.3. The van der Waals surface area contributed by atoms with Crippen LogP contribution >= 0.6 is 23.1 Å². The predicted octanol–water partition coefficient (Wildman–Crippen LogP) is 2.52. The lowest BCUT2D eigenvalue weighted by molar-refractivity contribution is 0.0526. The molecule has 0 bridgehead atoms. The van der Waals surface area contributed by atoms with Crippen LogP contribution in [0.15, 0.2) is 12.4 Å². The van der Waals surface area contributed by atoms with Crippen molar-refractivity contribution in [2.45, 2.75) is 6.92 Å². The molecule has 0 unspecified atom stereocenters. The zero-order valence-electron chi connectivity index (χ0n) is 7.86. The van der Waals surface area contributed by atoms with Gasteiger partial charge in [-0.3, -0.25) is 4.98 Å². The number of fused-ring (bicyclic) bond motifs is 1. The summed E-state index contributed by atoms with van der Waals surface area (Å²) in [5.74, 6) is -0.453. The minimum absolute atomic E-state index is 0.287. The van der Waals surface area contributed by atoms with E-state index in [1.165, 1.54) is 17.7 Å². The molecule has 0 radical (unpaired) electrons. The van der Waals surface area contributed by atoms with Crippen molar-refractivity contribution in [1.82, 2.24) is 9.36 Å². The first-order valence-corrected chi connectivity index (χ1v) is 5.45. The van der Waals surface area contributed by atoms with E-state index < -0.39 is 5.97 Å². The Morgan fingerprint density at radius 1 is 1.60 bits per heavy atom. The first-order chi connectivity index (χ1) is 7.24. The number of pyridine rings is 1.